The third kappa shape index (κ3) is 10.8. The molecule has 6 heteroatoms. The average Bonchev–Trinajstić information content (AvgIpc) is 1.35. The first-order valence-electron chi connectivity index (χ1n) is 0.999. The zero-order valence-electron chi connectivity index (χ0n) is 3.79. The molecule has 0 aromatic carbocycles. The van der Waals surface area contributed by atoms with Crippen LogP contribution in [0.3, 0.4) is 0 Å². The summed E-state index contributed by atoms with van der Waals surface area (Å²) in [5.74, 6) is 0. The first-order chi connectivity index (χ1) is 2.56. The fourth-order valence-electron chi connectivity index (χ4n) is 0. The average molecular weight is 126 g/mol. The second-order valence-electron chi connectivity index (χ2n) is 0.557. The van der Waals surface area contributed by atoms with E-state index >= 15 is 0 Å². The van der Waals surface area contributed by atoms with E-state index in [9.17, 15) is 13.0 Å². The minimum Gasteiger partial charge on any atom is -0.730 e. The molecule has 0 unspecified atom stereocenters. The van der Waals surface area contributed by atoms with Crippen molar-refractivity contribution in [2.45, 2.75) is 0 Å². The number of rotatable bonds is 1. The number of hydrogen-bond donors (Lipinski definition) is 1. The molecule has 5 nitrogen and oxygen atoms in total. The van der Waals surface area contributed by atoms with E-state index in [1.165, 1.54) is 0 Å². The molecule has 7 heavy (non-hydrogen) atoms. The van der Waals surface area contributed by atoms with E-state index in [0.29, 0.717) is 0 Å². The van der Waals surface area contributed by atoms with Gasteiger partial charge in [-0.1, -0.05) is 0 Å². The van der Waals surface area contributed by atoms with Crippen LogP contribution < -0.4 is 6.15 Å². The summed E-state index contributed by atoms with van der Waals surface area (Å²) in [6.07, 6.45) is 0. The van der Waals surface area contributed by atoms with Crippen LogP contribution in [0.4, 0.5) is 0 Å². The minimum absolute atomic E-state index is 0. The number of quaternary nitrogens is 1. The van der Waals surface area contributed by atoms with Gasteiger partial charge in [0.25, 0.3) is 0 Å². The van der Waals surface area contributed by atoms with Gasteiger partial charge in [-0.2, -0.15) is 4.40 Å². The zero-order chi connectivity index (χ0) is 5.21. The summed E-state index contributed by atoms with van der Waals surface area (Å²) in [6, 6.07) is 0. The summed E-state index contributed by atoms with van der Waals surface area (Å²) in [5.41, 5.74) is 0. The van der Waals surface area contributed by atoms with Gasteiger partial charge in [0, 0.05) is 6.72 Å². The van der Waals surface area contributed by atoms with E-state index in [-0.39, 0.29) is 6.15 Å². The topological polar surface area (TPSA) is 106 Å². The first-order valence-corrected chi connectivity index (χ1v) is 2.36. The van der Waals surface area contributed by atoms with Crippen molar-refractivity contribution in [3.63, 3.8) is 0 Å². The smallest absolute Gasteiger partial charge is 0.202 e. The molecule has 0 saturated carbocycles. The predicted octanol–water partition coefficient (Wildman–Crippen LogP) is -0.477. The maximum Gasteiger partial charge on any atom is 0.202 e. The highest BCUT2D eigenvalue weighted by Gasteiger charge is 1.73. The van der Waals surface area contributed by atoms with Crippen molar-refractivity contribution < 1.29 is 13.0 Å². The summed E-state index contributed by atoms with van der Waals surface area (Å²) < 4.78 is 29.8. The zero-order valence-corrected chi connectivity index (χ0v) is 4.60. The Balaban J connectivity index is 0. The summed E-state index contributed by atoms with van der Waals surface area (Å²) in [7, 11) is -4.40. The maximum atomic E-state index is 9.22. The maximum absolute atomic E-state index is 9.22. The Morgan fingerprint density at radius 2 is 1.71 bits per heavy atom. The number of hydrogen-bond acceptors (Lipinski definition) is 3. The third-order valence-corrected chi connectivity index (χ3v) is 0.474. The van der Waals surface area contributed by atoms with Crippen molar-refractivity contribution in [1.82, 2.24) is 6.15 Å². The highest BCUT2D eigenvalue weighted by Crippen LogP contribution is 1.74. The van der Waals surface area contributed by atoms with Crippen LogP contribution in [0.5, 0.6) is 0 Å². The van der Waals surface area contributed by atoms with Gasteiger partial charge in [-0.25, -0.2) is 8.42 Å². The standard InChI is InChI=1S/CH3NO3S.H3N/c1-2-6(3,4)5;/h1H2,(H,3,4,5);1H3. The van der Waals surface area contributed by atoms with Gasteiger partial charge in [0.15, 0.2) is 0 Å². The molecule has 44 valence electrons. The molecule has 0 aliphatic heterocycles. The van der Waals surface area contributed by atoms with E-state index in [1.54, 1.807) is 0 Å². The highest BCUT2D eigenvalue weighted by atomic mass is 32.2. The molecule has 0 aromatic rings. The molecule has 0 amide bonds. The van der Waals surface area contributed by atoms with Crippen molar-refractivity contribution >= 4 is 17.0 Å². The number of nitrogens with zero attached hydrogens (tertiary/aromatic N) is 1. The van der Waals surface area contributed by atoms with E-state index in [4.69, 9.17) is 0 Å². The SMILES string of the molecule is C=NS(=O)(=O)[O-].[NH4+]. The van der Waals surface area contributed by atoms with Crippen molar-refractivity contribution in [2.75, 3.05) is 0 Å². The normalized spacial score (nSPS) is 9.29. The molecule has 0 aliphatic rings. The van der Waals surface area contributed by atoms with Crippen LogP contribution in [0.1, 0.15) is 0 Å². The lowest BCUT2D eigenvalue weighted by molar-refractivity contribution is 0.465. The van der Waals surface area contributed by atoms with E-state index in [2.05, 4.69) is 11.1 Å². The van der Waals surface area contributed by atoms with E-state index in [1.807, 2.05) is 0 Å². The molecule has 0 heterocycles. The Labute approximate surface area is 41.5 Å². The van der Waals surface area contributed by atoms with Gasteiger partial charge in [0.2, 0.25) is 10.3 Å². The van der Waals surface area contributed by atoms with Crippen LogP contribution in [0.2, 0.25) is 0 Å². The van der Waals surface area contributed by atoms with Crippen LogP contribution in [0.15, 0.2) is 4.40 Å². The summed E-state index contributed by atoms with van der Waals surface area (Å²) in [5, 5.41) is 0. The second-order valence-corrected chi connectivity index (χ2v) is 1.67. The molecule has 0 bridgehead atoms. The van der Waals surface area contributed by atoms with Gasteiger partial charge in [0.1, 0.15) is 0 Å². The van der Waals surface area contributed by atoms with Gasteiger partial charge in [0.05, 0.1) is 0 Å². The third-order valence-electron chi connectivity index (χ3n) is 0.158. The van der Waals surface area contributed by atoms with Crippen molar-refractivity contribution in [2.24, 2.45) is 4.40 Å². The molecule has 0 fully saturated rings. The van der Waals surface area contributed by atoms with Crippen LogP contribution in [-0.4, -0.2) is 19.7 Å². The summed E-state index contributed by atoms with van der Waals surface area (Å²) in [4.78, 5) is 0. The van der Waals surface area contributed by atoms with Gasteiger partial charge >= 0.3 is 0 Å². The second kappa shape index (κ2) is 2.67. The minimum atomic E-state index is -4.40. The van der Waals surface area contributed by atoms with E-state index < -0.39 is 10.3 Å². The van der Waals surface area contributed by atoms with Gasteiger partial charge in [-0.05, 0) is 0 Å². The quantitative estimate of drug-likeness (QED) is 0.378. The molecular formula is CH6N2O3S. The predicted molar refractivity (Wildman–Crippen MR) is 25.2 cm³/mol. The molecule has 0 aromatic heterocycles. The van der Waals surface area contributed by atoms with Gasteiger partial charge < -0.3 is 10.7 Å². The molecular weight excluding hydrogens is 120 g/mol. The molecule has 0 radical (unpaired) electrons. The lowest BCUT2D eigenvalue weighted by atomic mass is 11.8. The highest BCUT2D eigenvalue weighted by molar-refractivity contribution is 7.84. The Kier molecular flexibility index (Phi) is 3.71. The van der Waals surface area contributed by atoms with Crippen LogP contribution in [0.25, 0.3) is 0 Å². The molecule has 0 atom stereocenters. The van der Waals surface area contributed by atoms with Crippen molar-refractivity contribution in [3.05, 3.63) is 0 Å². The monoisotopic (exact) mass is 126 g/mol. The Morgan fingerprint density at radius 3 is 1.71 bits per heavy atom. The fraction of sp³-hybridized carbons (Fsp3) is 0. The molecule has 4 N–H and O–H groups in total. The van der Waals surface area contributed by atoms with Crippen LogP contribution >= 0.6 is 0 Å². The lowest BCUT2D eigenvalue weighted by Gasteiger charge is -1.91. The van der Waals surface area contributed by atoms with Crippen LogP contribution in [-0.2, 0) is 10.3 Å². The largest absolute Gasteiger partial charge is 0.730 e. The Bertz CT molecular complexity index is 123. The molecule has 0 rings (SSSR count). The summed E-state index contributed by atoms with van der Waals surface area (Å²) in [6.45, 7) is 2.48. The molecule has 0 spiro atoms. The molecule has 0 saturated heterocycles. The van der Waals surface area contributed by atoms with Crippen molar-refractivity contribution in [1.29, 1.82) is 0 Å². The first kappa shape index (κ1) is 9.74. The van der Waals surface area contributed by atoms with Gasteiger partial charge in [-0.3, -0.25) is 0 Å². The Morgan fingerprint density at radius 1 is 1.57 bits per heavy atom. The lowest BCUT2D eigenvalue weighted by Crippen LogP contribution is -1.87. The molecule has 0 aliphatic carbocycles. The fourth-order valence-corrected chi connectivity index (χ4v) is 0. The van der Waals surface area contributed by atoms with Crippen molar-refractivity contribution in [3.8, 4) is 0 Å². The Hall–Kier alpha value is -0.460. The van der Waals surface area contributed by atoms with Gasteiger partial charge in [-0.15, -0.1) is 0 Å². The van der Waals surface area contributed by atoms with E-state index in [0.717, 1.165) is 0 Å². The van der Waals surface area contributed by atoms with Crippen LogP contribution in [0, 0.1) is 0 Å². The summed E-state index contributed by atoms with van der Waals surface area (Å²) >= 11 is 0.